The minimum absolute atomic E-state index is 0.152. The van der Waals surface area contributed by atoms with Gasteiger partial charge in [-0.2, -0.15) is 0 Å². The Bertz CT molecular complexity index is 806. The molecule has 1 aliphatic rings. The van der Waals surface area contributed by atoms with Crippen LogP contribution in [0.4, 0.5) is 11.4 Å². The maximum Gasteiger partial charge on any atom is 0.234 e. The van der Waals surface area contributed by atoms with Crippen LogP contribution in [0.25, 0.3) is 0 Å². The largest absolute Gasteiger partial charge is 0.325 e. The van der Waals surface area contributed by atoms with Gasteiger partial charge >= 0.3 is 0 Å². The van der Waals surface area contributed by atoms with Crippen LogP contribution in [0.15, 0.2) is 23.4 Å². The lowest BCUT2D eigenvalue weighted by Gasteiger charge is -2.13. The molecule has 0 spiro atoms. The number of hydrogen-bond donors (Lipinski definition) is 2. The SMILES string of the molecule is CC(=O)Nc1ccc(Cl)cc1NC(=O)CSc1nnnn1C1CCCC1. The zero-order chi connectivity index (χ0) is 18.5. The van der Waals surface area contributed by atoms with Gasteiger partial charge < -0.3 is 10.6 Å². The highest BCUT2D eigenvalue weighted by Gasteiger charge is 2.22. The first-order valence-electron chi connectivity index (χ1n) is 8.30. The molecule has 2 N–H and O–H groups in total. The Balaban J connectivity index is 1.62. The number of amides is 2. The Morgan fingerprint density at radius 3 is 2.77 bits per heavy atom. The van der Waals surface area contributed by atoms with Crippen molar-refractivity contribution >= 4 is 46.6 Å². The zero-order valence-electron chi connectivity index (χ0n) is 14.2. The summed E-state index contributed by atoms with van der Waals surface area (Å²) >= 11 is 7.28. The minimum Gasteiger partial charge on any atom is -0.325 e. The van der Waals surface area contributed by atoms with Crippen LogP contribution < -0.4 is 10.6 Å². The number of carbonyl (C=O) groups is 2. The van der Waals surface area contributed by atoms with Crippen molar-refractivity contribution in [2.45, 2.75) is 43.8 Å². The predicted octanol–water partition coefficient (Wildman–Crippen LogP) is 3.13. The molecule has 26 heavy (non-hydrogen) atoms. The van der Waals surface area contributed by atoms with Gasteiger partial charge in [-0.05, 0) is 41.5 Å². The third kappa shape index (κ3) is 4.73. The number of anilines is 2. The summed E-state index contributed by atoms with van der Waals surface area (Å²) < 4.78 is 1.81. The number of rotatable bonds is 6. The molecule has 0 aliphatic heterocycles. The van der Waals surface area contributed by atoms with Crippen LogP contribution in [0, 0.1) is 0 Å². The molecule has 2 aromatic rings. The number of tetrazole rings is 1. The zero-order valence-corrected chi connectivity index (χ0v) is 15.8. The lowest BCUT2D eigenvalue weighted by molar-refractivity contribution is -0.115. The van der Waals surface area contributed by atoms with Crippen molar-refractivity contribution in [3.8, 4) is 0 Å². The number of halogens is 1. The molecule has 0 radical (unpaired) electrons. The summed E-state index contributed by atoms with van der Waals surface area (Å²) in [6.07, 6.45) is 4.48. The number of nitrogens with zero attached hydrogens (tertiary/aromatic N) is 4. The first-order chi connectivity index (χ1) is 12.5. The molecule has 0 bridgehead atoms. The third-order valence-electron chi connectivity index (χ3n) is 4.03. The number of carbonyl (C=O) groups excluding carboxylic acids is 2. The number of hydrogen-bond acceptors (Lipinski definition) is 6. The Kier molecular flexibility index (Phi) is 6.10. The van der Waals surface area contributed by atoms with Crippen molar-refractivity contribution in [3.63, 3.8) is 0 Å². The Labute approximate surface area is 160 Å². The van der Waals surface area contributed by atoms with Crippen molar-refractivity contribution < 1.29 is 9.59 Å². The van der Waals surface area contributed by atoms with E-state index in [-0.39, 0.29) is 17.6 Å². The average molecular weight is 395 g/mol. The topological polar surface area (TPSA) is 102 Å². The highest BCUT2D eigenvalue weighted by Crippen LogP contribution is 2.31. The fraction of sp³-hybridized carbons (Fsp3) is 0.438. The Morgan fingerprint density at radius 1 is 1.27 bits per heavy atom. The molecule has 1 saturated carbocycles. The van der Waals surface area contributed by atoms with E-state index in [1.807, 2.05) is 4.68 Å². The Morgan fingerprint density at radius 2 is 2.04 bits per heavy atom. The molecule has 1 aromatic carbocycles. The molecule has 0 atom stereocenters. The molecular weight excluding hydrogens is 376 g/mol. The highest BCUT2D eigenvalue weighted by atomic mass is 35.5. The van der Waals surface area contributed by atoms with Gasteiger partial charge in [0.25, 0.3) is 0 Å². The molecule has 0 saturated heterocycles. The lowest BCUT2D eigenvalue weighted by atomic mass is 10.2. The van der Waals surface area contributed by atoms with Gasteiger partial charge in [0.1, 0.15) is 0 Å². The molecule has 1 aromatic heterocycles. The lowest BCUT2D eigenvalue weighted by Crippen LogP contribution is -2.17. The molecule has 10 heteroatoms. The maximum absolute atomic E-state index is 12.3. The van der Waals surface area contributed by atoms with Gasteiger partial charge in [-0.3, -0.25) is 9.59 Å². The molecule has 1 fully saturated rings. The van der Waals surface area contributed by atoms with Gasteiger partial charge in [0.05, 0.1) is 23.2 Å². The van der Waals surface area contributed by atoms with Crippen molar-refractivity contribution in [2.75, 3.05) is 16.4 Å². The van der Waals surface area contributed by atoms with Crippen LogP contribution in [0.2, 0.25) is 5.02 Å². The molecule has 2 amide bonds. The van der Waals surface area contributed by atoms with E-state index in [1.54, 1.807) is 18.2 Å². The van der Waals surface area contributed by atoms with Gasteiger partial charge in [0.2, 0.25) is 17.0 Å². The van der Waals surface area contributed by atoms with Crippen LogP contribution >= 0.6 is 23.4 Å². The van der Waals surface area contributed by atoms with Crippen molar-refractivity contribution in [2.24, 2.45) is 0 Å². The molecule has 138 valence electrons. The second kappa shape index (κ2) is 8.50. The van der Waals surface area contributed by atoms with Gasteiger partial charge in [-0.25, -0.2) is 4.68 Å². The van der Waals surface area contributed by atoms with Crippen LogP contribution in [0.5, 0.6) is 0 Å². The second-order valence-electron chi connectivity index (χ2n) is 6.05. The van der Waals surface area contributed by atoms with E-state index >= 15 is 0 Å². The molecular formula is C16H19ClN6O2S. The number of aromatic nitrogens is 4. The normalized spacial score (nSPS) is 14.4. The van der Waals surface area contributed by atoms with Gasteiger partial charge in [0.15, 0.2) is 0 Å². The monoisotopic (exact) mass is 394 g/mol. The summed E-state index contributed by atoms with van der Waals surface area (Å²) in [7, 11) is 0. The van der Waals surface area contributed by atoms with E-state index in [4.69, 9.17) is 11.6 Å². The van der Waals surface area contributed by atoms with Crippen LogP contribution in [-0.4, -0.2) is 37.8 Å². The summed E-state index contributed by atoms with van der Waals surface area (Å²) in [6.45, 7) is 1.40. The Hall–Kier alpha value is -2.13. The summed E-state index contributed by atoms with van der Waals surface area (Å²) in [5, 5.41) is 18.3. The maximum atomic E-state index is 12.3. The van der Waals surface area contributed by atoms with Crippen molar-refractivity contribution in [1.29, 1.82) is 0 Å². The number of benzene rings is 1. The summed E-state index contributed by atoms with van der Waals surface area (Å²) in [4.78, 5) is 23.6. The van der Waals surface area contributed by atoms with Crippen LogP contribution in [0.1, 0.15) is 38.6 Å². The van der Waals surface area contributed by atoms with E-state index in [0.29, 0.717) is 27.6 Å². The molecule has 1 aliphatic carbocycles. The summed E-state index contributed by atoms with van der Waals surface area (Å²) in [5.41, 5.74) is 0.949. The van der Waals surface area contributed by atoms with E-state index < -0.39 is 0 Å². The van der Waals surface area contributed by atoms with E-state index in [2.05, 4.69) is 26.2 Å². The van der Waals surface area contributed by atoms with Crippen LogP contribution in [0.3, 0.4) is 0 Å². The number of thioether (sulfide) groups is 1. The quantitative estimate of drug-likeness (QED) is 0.730. The van der Waals surface area contributed by atoms with E-state index in [0.717, 1.165) is 12.8 Å². The fourth-order valence-corrected chi connectivity index (χ4v) is 3.81. The van der Waals surface area contributed by atoms with E-state index in [1.165, 1.54) is 31.5 Å². The number of nitrogens with one attached hydrogen (secondary N) is 2. The first-order valence-corrected chi connectivity index (χ1v) is 9.67. The second-order valence-corrected chi connectivity index (χ2v) is 7.43. The molecule has 8 nitrogen and oxygen atoms in total. The van der Waals surface area contributed by atoms with Crippen molar-refractivity contribution in [1.82, 2.24) is 20.2 Å². The molecule has 3 rings (SSSR count). The van der Waals surface area contributed by atoms with Gasteiger partial charge in [-0.1, -0.05) is 36.2 Å². The average Bonchev–Trinajstić information content (AvgIpc) is 3.25. The van der Waals surface area contributed by atoms with Crippen molar-refractivity contribution in [3.05, 3.63) is 23.2 Å². The highest BCUT2D eigenvalue weighted by molar-refractivity contribution is 7.99. The third-order valence-corrected chi connectivity index (χ3v) is 5.20. The smallest absolute Gasteiger partial charge is 0.234 e. The molecule has 0 unspecified atom stereocenters. The minimum atomic E-state index is -0.232. The van der Waals surface area contributed by atoms with Gasteiger partial charge in [0, 0.05) is 11.9 Å². The van der Waals surface area contributed by atoms with E-state index in [9.17, 15) is 9.59 Å². The standard InChI is InChI=1S/C16H19ClN6O2S/c1-10(24)18-13-7-6-11(17)8-14(13)19-15(25)9-26-16-20-21-22-23(16)12-4-2-3-5-12/h6-8,12H,2-5,9H2,1H3,(H,18,24)(H,19,25). The molecule has 1 heterocycles. The predicted molar refractivity (Wildman–Crippen MR) is 100 cm³/mol. The first kappa shape index (κ1) is 18.7. The van der Waals surface area contributed by atoms with Crippen LogP contribution in [-0.2, 0) is 9.59 Å². The fourth-order valence-electron chi connectivity index (χ4n) is 2.89. The van der Waals surface area contributed by atoms with Gasteiger partial charge in [-0.15, -0.1) is 5.10 Å². The summed E-state index contributed by atoms with van der Waals surface area (Å²) in [6, 6.07) is 5.20. The summed E-state index contributed by atoms with van der Waals surface area (Å²) in [5.74, 6) is -0.308.